The Hall–Kier alpha value is -1.39. The summed E-state index contributed by atoms with van der Waals surface area (Å²) in [6.07, 6.45) is 0.899. The van der Waals surface area contributed by atoms with Crippen molar-refractivity contribution in [1.82, 2.24) is 5.32 Å². The monoisotopic (exact) mass is 249 g/mol. The Morgan fingerprint density at radius 3 is 2.67 bits per heavy atom. The smallest absolute Gasteiger partial charge is 0.223 e. The maximum absolute atomic E-state index is 11.9. The summed E-state index contributed by atoms with van der Waals surface area (Å²) in [6, 6.07) is 9.35. The molecule has 4 heteroatoms. The molecule has 0 bridgehead atoms. The third kappa shape index (κ3) is 3.55. The second-order valence-electron chi connectivity index (χ2n) is 4.56. The first-order chi connectivity index (χ1) is 8.77. The van der Waals surface area contributed by atoms with Crippen molar-refractivity contribution >= 4 is 5.91 Å². The normalized spacial score (nSPS) is 18.3. The van der Waals surface area contributed by atoms with Crippen LogP contribution in [0.25, 0.3) is 0 Å². The molecule has 1 fully saturated rings. The van der Waals surface area contributed by atoms with Crippen molar-refractivity contribution in [2.24, 2.45) is 5.92 Å². The quantitative estimate of drug-likeness (QED) is 0.844. The molecule has 1 aromatic rings. The molecule has 1 aromatic carbocycles. The third-order valence-electron chi connectivity index (χ3n) is 3.25. The largest absolute Gasteiger partial charge is 0.387 e. The molecule has 1 heterocycles. The minimum atomic E-state index is -0.644. The van der Waals surface area contributed by atoms with Crippen molar-refractivity contribution in [2.75, 3.05) is 19.8 Å². The van der Waals surface area contributed by atoms with E-state index in [2.05, 4.69) is 5.32 Å². The predicted molar refractivity (Wildman–Crippen MR) is 68.0 cm³/mol. The highest BCUT2D eigenvalue weighted by Gasteiger charge is 2.21. The average molecular weight is 249 g/mol. The summed E-state index contributed by atoms with van der Waals surface area (Å²) in [4.78, 5) is 11.9. The Morgan fingerprint density at radius 1 is 1.33 bits per heavy atom. The standard InChI is InChI=1S/C14H19NO3/c16-13(11-4-2-1-3-5-11)10-15-14(17)12-6-8-18-9-7-12/h1-5,12-13,16H,6-10H2,(H,15,17). The van der Waals surface area contributed by atoms with Gasteiger partial charge in [0, 0.05) is 25.7 Å². The summed E-state index contributed by atoms with van der Waals surface area (Å²) < 4.78 is 5.22. The number of ether oxygens (including phenoxy) is 1. The number of amides is 1. The van der Waals surface area contributed by atoms with Crippen molar-refractivity contribution in [2.45, 2.75) is 18.9 Å². The molecular weight excluding hydrogens is 230 g/mol. The number of aliphatic hydroxyl groups is 1. The van der Waals surface area contributed by atoms with Gasteiger partial charge in [0.15, 0.2) is 0 Å². The minimum absolute atomic E-state index is 0.0216. The van der Waals surface area contributed by atoms with Crippen LogP contribution < -0.4 is 5.32 Å². The molecule has 1 atom stereocenters. The highest BCUT2D eigenvalue weighted by molar-refractivity contribution is 5.78. The number of carbonyl (C=O) groups excluding carboxylic acids is 1. The molecule has 1 amide bonds. The van der Waals surface area contributed by atoms with Crippen molar-refractivity contribution in [1.29, 1.82) is 0 Å². The van der Waals surface area contributed by atoms with E-state index in [1.54, 1.807) is 0 Å². The van der Waals surface area contributed by atoms with Gasteiger partial charge in [0.2, 0.25) is 5.91 Å². The van der Waals surface area contributed by atoms with Crippen LogP contribution in [0.3, 0.4) is 0 Å². The molecule has 1 saturated heterocycles. The summed E-state index contributed by atoms with van der Waals surface area (Å²) in [7, 11) is 0. The SMILES string of the molecule is O=C(NCC(O)c1ccccc1)C1CCOCC1. The lowest BCUT2D eigenvalue weighted by atomic mass is 9.99. The maximum Gasteiger partial charge on any atom is 0.223 e. The number of hydrogen-bond acceptors (Lipinski definition) is 3. The van der Waals surface area contributed by atoms with Gasteiger partial charge < -0.3 is 15.2 Å². The van der Waals surface area contributed by atoms with E-state index in [-0.39, 0.29) is 18.4 Å². The Bertz CT molecular complexity index is 374. The molecule has 0 radical (unpaired) electrons. The first-order valence-corrected chi connectivity index (χ1v) is 6.36. The van der Waals surface area contributed by atoms with Gasteiger partial charge in [-0.25, -0.2) is 0 Å². The van der Waals surface area contributed by atoms with E-state index < -0.39 is 6.10 Å². The van der Waals surface area contributed by atoms with E-state index in [0.29, 0.717) is 13.2 Å². The second kappa shape index (κ2) is 6.52. The second-order valence-corrected chi connectivity index (χ2v) is 4.56. The molecule has 0 aliphatic carbocycles. The Kier molecular flexibility index (Phi) is 4.73. The minimum Gasteiger partial charge on any atom is -0.387 e. The van der Waals surface area contributed by atoms with Gasteiger partial charge >= 0.3 is 0 Å². The highest BCUT2D eigenvalue weighted by Crippen LogP contribution is 2.15. The summed E-state index contributed by atoms with van der Waals surface area (Å²) in [5.74, 6) is 0.0509. The zero-order valence-corrected chi connectivity index (χ0v) is 10.3. The fourth-order valence-corrected chi connectivity index (χ4v) is 2.09. The Balaban J connectivity index is 1.78. The van der Waals surface area contributed by atoms with E-state index in [1.165, 1.54) is 0 Å². The van der Waals surface area contributed by atoms with Crippen LogP contribution in [-0.4, -0.2) is 30.8 Å². The maximum atomic E-state index is 11.9. The molecule has 0 spiro atoms. The average Bonchev–Trinajstić information content (AvgIpc) is 2.46. The van der Waals surface area contributed by atoms with Gasteiger partial charge in [-0.2, -0.15) is 0 Å². The molecule has 1 aliphatic rings. The number of aliphatic hydroxyl groups excluding tert-OH is 1. The van der Waals surface area contributed by atoms with E-state index in [4.69, 9.17) is 4.74 Å². The Labute approximate surface area is 107 Å². The first kappa shape index (κ1) is 13.1. The lowest BCUT2D eigenvalue weighted by Crippen LogP contribution is -2.36. The van der Waals surface area contributed by atoms with Gasteiger partial charge in [-0.15, -0.1) is 0 Å². The van der Waals surface area contributed by atoms with Crippen LogP contribution in [-0.2, 0) is 9.53 Å². The molecule has 98 valence electrons. The molecule has 18 heavy (non-hydrogen) atoms. The van der Waals surface area contributed by atoms with Crippen molar-refractivity contribution in [3.05, 3.63) is 35.9 Å². The van der Waals surface area contributed by atoms with E-state index in [1.807, 2.05) is 30.3 Å². The van der Waals surface area contributed by atoms with Crippen molar-refractivity contribution < 1.29 is 14.6 Å². The van der Waals surface area contributed by atoms with Gasteiger partial charge in [-0.05, 0) is 18.4 Å². The van der Waals surface area contributed by atoms with E-state index in [9.17, 15) is 9.90 Å². The van der Waals surface area contributed by atoms with Gasteiger partial charge in [0.25, 0.3) is 0 Å². The molecular formula is C14H19NO3. The van der Waals surface area contributed by atoms with E-state index >= 15 is 0 Å². The van der Waals surface area contributed by atoms with Crippen LogP contribution in [0.4, 0.5) is 0 Å². The van der Waals surface area contributed by atoms with Crippen molar-refractivity contribution in [3.63, 3.8) is 0 Å². The van der Waals surface area contributed by atoms with Gasteiger partial charge in [-0.1, -0.05) is 30.3 Å². The zero-order chi connectivity index (χ0) is 12.8. The third-order valence-corrected chi connectivity index (χ3v) is 3.25. The van der Waals surface area contributed by atoms with E-state index in [0.717, 1.165) is 18.4 Å². The molecule has 0 saturated carbocycles. The van der Waals surface area contributed by atoms with Crippen LogP contribution >= 0.6 is 0 Å². The fraction of sp³-hybridized carbons (Fsp3) is 0.500. The van der Waals surface area contributed by atoms with Crippen LogP contribution in [0, 0.1) is 5.92 Å². The number of benzene rings is 1. The number of nitrogens with one attached hydrogen (secondary N) is 1. The molecule has 4 nitrogen and oxygen atoms in total. The number of rotatable bonds is 4. The summed E-state index contributed by atoms with van der Waals surface area (Å²) >= 11 is 0. The van der Waals surface area contributed by atoms with Crippen LogP contribution in [0.15, 0.2) is 30.3 Å². The van der Waals surface area contributed by atoms with Gasteiger partial charge in [0.05, 0.1) is 6.10 Å². The van der Waals surface area contributed by atoms with Crippen LogP contribution in [0.2, 0.25) is 0 Å². The van der Waals surface area contributed by atoms with Gasteiger partial charge in [-0.3, -0.25) is 4.79 Å². The topological polar surface area (TPSA) is 58.6 Å². The highest BCUT2D eigenvalue weighted by atomic mass is 16.5. The van der Waals surface area contributed by atoms with Crippen LogP contribution in [0.1, 0.15) is 24.5 Å². The lowest BCUT2D eigenvalue weighted by molar-refractivity contribution is -0.128. The lowest BCUT2D eigenvalue weighted by Gasteiger charge is -2.22. The van der Waals surface area contributed by atoms with Crippen molar-refractivity contribution in [3.8, 4) is 0 Å². The Morgan fingerprint density at radius 2 is 2.00 bits per heavy atom. The van der Waals surface area contributed by atoms with Gasteiger partial charge in [0.1, 0.15) is 0 Å². The molecule has 2 N–H and O–H groups in total. The fourth-order valence-electron chi connectivity index (χ4n) is 2.09. The molecule has 2 rings (SSSR count). The number of carbonyl (C=O) groups is 1. The molecule has 1 aliphatic heterocycles. The number of hydrogen-bond donors (Lipinski definition) is 2. The zero-order valence-electron chi connectivity index (χ0n) is 10.3. The summed E-state index contributed by atoms with van der Waals surface area (Å²) in [6.45, 7) is 1.57. The predicted octanol–water partition coefficient (Wildman–Crippen LogP) is 1.26. The van der Waals surface area contributed by atoms with Crippen LogP contribution in [0.5, 0.6) is 0 Å². The molecule has 0 aromatic heterocycles. The summed E-state index contributed by atoms with van der Waals surface area (Å²) in [5.41, 5.74) is 0.824. The first-order valence-electron chi connectivity index (χ1n) is 6.36. The summed E-state index contributed by atoms with van der Waals surface area (Å²) in [5, 5.41) is 12.7. The molecule has 1 unspecified atom stereocenters.